The third-order valence-corrected chi connectivity index (χ3v) is 6.68. The highest BCUT2D eigenvalue weighted by atomic mass is 35.5. The number of rotatable bonds is 5. The third-order valence-electron chi connectivity index (χ3n) is 4.06. The number of anilines is 2. The molecule has 0 spiro atoms. The fourth-order valence-corrected chi connectivity index (χ4v) is 4.97. The number of hydrogen-bond acceptors (Lipinski definition) is 5. The number of benzene rings is 3. The van der Waals surface area contributed by atoms with Crippen LogP contribution in [0.2, 0.25) is 5.02 Å². The van der Waals surface area contributed by atoms with E-state index in [-0.39, 0.29) is 16.1 Å². The van der Waals surface area contributed by atoms with Gasteiger partial charge in [-0.3, -0.25) is 14.8 Å². The minimum absolute atomic E-state index is 0.107. The fourth-order valence-electron chi connectivity index (χ4n) is 2.71. The molecule has 0 fully saturated rings. The average Bonchev–Trinajstić information content (AvgIpc) is 3.12. The molecule has 0 radical (unpaired) electrons. The molecule has 6 nitrogen and oxygen atoms in total. The Morgan fingerprint density at radius 2 is 1.66 bits per heavy atom. The van der Waals surface area contributed by atoms with Gasteiger partial charge in [-0.25, -0.2) is 13.4 Å². The van der Waals surface area contributed by atoms with Crippen LogP contribution in [-0.4, -0.2) is 19.3 Å². The Morgan fingerprint density at radius 1 is 0.931 bits per heavy atom. The fraction of sp³-hybridized carbons (Fsp3) is 0. The van der Waals surface area contributed by atoms with Crippen LogP contribution in [0.4, 0.5) is 10.8 Å². The van der Waals surface area contributed by atoms with Crippen molar-refractivity contribution < 1.29 is 13.2 Å². The quantitative estimate of drug-likeness (QED) is 0.454. The number of nitrogens with zero attached hydrogens (tertiary/aromatic N) is 1. The third kappa shape index (κ3) is 4.09. The summed E-state index contributed by atoms with van der Waals surface area (Å²) < 4.78 is 28.6. The lowest BCUT2D eigenvalue weighted by Crippen LogP contribution is -2.18. The van der Waals surface area contributed by atoms with Crippen molar-refractivity contribution >= 4 is 59.9 Å². The minimum atomic E-state index is -3.83. The summed E-state index contributed by atoms with van der Waals surface area (Å²) >= 11 is 7.42. The number of fused-ring (bicyclic) bond motifs is 1. The molecule has 2 N–H and O–H groups in total. The second kappa shape index (κ2) is 7.82. The summed E-state index contributed by atoms with van der Waals surface area (Å²) in [6, 6.07) is 19.7. The van der Waals surface area contributed by atoms with Gasteiger partial charge in [0.15, 0.2) is 5.13 Å². The van der Waals surface area contributed by atoms with E-state index in [1.165, 1.54) is 29.5 Å². The Bertz CT molecular complexity index is 1310. The van der Waals surface area contributed by atoms with Gasteiger partial charge in [0, 0.05) is 0 Å². The molecule has 0 saturated heterocycles. The number of nitrogens with one attached hydrogen (secondary N) is 2. The van der Waals surface area contributed by atoms with Crippen LogP contribution in [0.1, 0.15) is 10.4 Å². The zero-order valence-corrected chi connectivity index (χ0v) is 17.2. The van der Waals surface area contributed by atoms with Crippen molar-refractivity contribution in [3.8, 4) is 0 Å². The van der Waals surface area contributed by atoms with Crippen LogP contribution < -0.4 is 10.0 Å². The lowest BCUT2D eigenvalue weighted by Gasteiger charge is -2.12. The first-order valence-corrected chi connectivity index (χ1v) is 11.1. The van der Waals surface area contributed by atoms with Crippen LogP contribution in [0.5, 0.6) is 0 Å². The Balaban J connectivity index is 1.62. The van der Waals surface area contributed by atoms with Gasteiger partial charge in [0.05, 0.1) is 25.9 Å². The maximum absolute atomic E-state index is 12.8. The van der Waals surface area contributed by atoms with Gasteiger partial charge in [-0.1, -0.05) is 59.3 Å². The van der Waals surface area contributed by atoms with Crippen molar-refractivity contribution in [1.29, 1.82) is 0 Å². The number of halogens is 1. The number of aromatic nitrogens is 1. The summed E-state index contributed by atoms with van der Waals surface area (Å²) in [5.41, 5.74) is 0.956. The van der Waals surface area contributed by atoms with Crippen molar-refractivity contribution in [1.82, 2.24) is 4.98 Å². The van der Waals surface area contributed by atoms with E-state index in [1.54, 1.807) is 42.5 Å². The molecule has 4 rings (SSSR count). The minimum Gasteiger partial charge on any atom is -0.298 e. The smallest absolute Gasteiger partial charge is 0.261 e. The zero-order valence-electron chi connectivity index (χ0n) is 14.8. The number of para-hydroxylation sites is 2. The standard InChI is InChI=1S/C20H14ClN3O3S2/c21-15-10-6-12-17-18(15)22-20(28-17)23-19(25)14-9-4-5-11-16(14)24-29(26,27)13-7-2-1-3-8-13/h1-12,24H,(H,22,23,25). The summed E-state index contributed by atoms with van der Waals surface area (Å²) in [5, 5.41) is 3.59. The van der Waals surface area contributed by atoms with E-state index in [0.29, 0.717) is 15.7 Å². The normalized spacial score (nSPS) is 11.3. The van der Waals surface area contributed by atoms with E-state index < -0.39 is 15.9 Å². The summed E-state index contributed by atoms with van der Waals surface area (Å²) in [7, 11) is -3.83. The van der Waals surface area contributed by atoms with Crippen LogP contribution in [0.15, 0.2) is 77.7 Å². The van der Waals surface area contributed by atoms with E-state index in [1.807, 2.05) is 12.1 Å². The molecule has 0 saturated carbocycles. The predicted octanol–water partition coefficient (Wildman–Crippen LogP) is 5.00. The number of thiazole rings is 1. The lowest BCUT2D eigenvalue weighted by atomic mass is 10.2. The first-order chi connectivity index (χ1) is 13.9. The second-order valence-corrected chi connectivity index (χ2v) is 9.14. The van der Waals surface area contributed by atoms with Gasteiger partial charge in [-0.2, -0.15) is 0 Å². The number of sulfonamides is 1. The molecule has 1 amide bonds. The van der Waals surface area contributed by atoms with Crippen molar-refractivity contribution in [2.45, 2.75) is 4.90 Å². The van der Waals surface area contributed by atoms with E-state index in [4.69, 9.17) is 11.6 Å². The van der Waals surface area contributed by atoms with Gasteiger partial charge in [-0.05, 0) is 36.4 Å². The van der Waals surface area contributed by atoms with Crippen LogP contribution in [0.3, 0.4) is 0 Å². The van der Waals surface area contributed by atoms with E-state index >= 15 is 0 Å². The van der Waals surface area contributed by atoms with Crippen LogP contribution in [0, 0.1) is 0 Å². The summed E-state index contributed by atoms with van der Waals surface area (Å²) in [5.74, 6) is -0.480. The molecular weight excluding hydrogens is 430 g/mol. The first kappa shape index (κ1) is 19.4. The van der Waals surface area contributed by atoms with Crippen LogP contribution in [-0.2, 0) is 10.0 Å². The Morgan fingerprint density at radius 3 is 2.41 bits per heavy atom. The molecule has 4 aromatic rings. The highest BCUT2D eigenvalue weighted by Gasteiger charge is 2.19. The first-order valence-electron chi connectivity index (χ1n) is 8.47. The predicted molar refractivity (Wildman–Crippen MR) is 116 cm³/mol. The van der Waals surface area contributed by atoms with Crippen molar-refractivity contribution in [2.24, 2.45) is 0 Å². The van der Waals surface area contributed by atoms with E-state index in [0.717, 1.165) is 4.70 Å². The number of carbonyl (C=O) groups excluding carboxylic acids is 1. The Kier molecular flexibility index (Phi) is 5.23. The van der Waals surface area contributed by atoms with E-state index in [2.05, 4.69) is 15.0 Å². The molecular formula is C20H14ClN3O3S2. The van der Waals surface area contributed by atoms with Gasteiger partial charge in [-0.15, -0.1) is 0 Å². The largest absolute Gasteiger partial charge is 0.298 e. The van der Waals surface area contributed by atoms with Crippen molar-refractivity contribution in [2.75, 3.05) is 10.0 Å². The summed E-state index contributed by atoms with van der Waals surface area (Å²) in [6.07, 6.45) is 0. The number of carbonyl (C=O) groups is 1. The van der Waals surface area contributed by atoms with Gasteiger partial charge in [0.1, 0.15) is 5.52 Å². The van der Waals surface area contributed by atoms with Crippen molar-refractivity contribution in [3.05, 3.63) is 83.4 Å². The molecule has 0 bridgehead atoms. The molecule has 146 valence electrons. The molecule has 0 aliphatic carbocycles. The molecule has 0 aliphatic rings. The van der Waals surface area contributed by atoms with Crippen LogP contribution >= 0.6 is 22.9 Å². The maximum Gasteiger partial charge on any atom is 0.261 e. The monoisotopic (exact) mass is 443 g/mol. The molecule has 9 heteroatoms. The van der Waals surface area contributed by atoms with Gasteiger partial charge < -0.3 is 0 Å². The average molecular weight is 444 g/mol. The molecule has 1 heterocycles. The maximum atomic E-state index is 12.8. The molecule has 0 atom stereocenters. The molecule has 3 aromatic carbocycles. The number of amides is 1. The molecule has 1 aromatic heterocycles. The highest BCUT2D eigenvalue weighted by molar-refractivity contribution is 7.92. The molecule has 29 heavy (non-hydrogen) atoms. The lowest BCUT2D eigenvalue weighted by molar-refractivity contribution is 0.102. The highest BCUT2D eigenvalue weighted by Crippen LogP contribution is 2.31. The van der Waals surface area contributed by atoms with Gasteiger partial charge in [0.2, 0.25) is 0 Å². The second-order valence-electron chi connectivity index (χ2n) is 6.02. The SMILES string of the molecule is O=C(Nc1nc2c(Cl)cccc2s1)c1ccccc1NS(=O)(=O)c1ccccc1. The summed E-state index contributed by atoms with van der Waals surface area (Å²) in [4.78, 5) is 17.3. The molecule has 0 aliphatic heterocycles. The van der Waals surface area contributed by atoms with Gasteiger partial charge in [0.25, 0.3) is 15.9 Å². The van der Waals surface area contributed by atoms with E-state index in [9.17, 15) is 13.2 Å². The Labute approximate surface area is 176 Å². The topological polar surface area (TPSA) is 88.2 Å². The van der Waals surface area contributed by atoms with Gasteiger partial charge >= 0.3 is 0 Å². The number of hydrogen-bond donors (Lipinski definition) is 2. The zero-order chi connectivity index (χ0) is 20.4. The van der Waals surface area contributed by atoms with Crippen molar-refractivity contribution in [3.63, 3.8) is 0 Å². The van der Waals surface area contributed by atoms with Crippen LogP contribution in [0.25, 0.3) is 10.2 Å². The summed E-state index contributed by atoms with van der Waals surface area (Å²) in [6.45, 7) is 0. The Hall–Kier alpha value is -2.94. The molecule has 0 unspecified atom stereocenters.